The van der Waals surface area contributed by atoms with Gasteiger partial charge in [-0.1, -0.05) is 11.6 Å². The van der Waals surface area contributed by atoms with Crippen LogP contribution in [0.3, 0.4) is 0 Å². The topological polar surface area (TPSA) is 74.2 Å². The molecule has 13 heteroatoms. The lowest BCUT2D eigenvalue weighted by molar-refractivity contribution is -0.145. The van der Waals surface area contributed by atoms with Gasteiger partial charge in [-0.05, 0) is 37.1 Å². The van der Waals surface area contributed by atoms with Gasteiger partial charge in [-0.25, -0.2) is 23.7 Å². The van der Waals surface area contributed by atoms with Crippen molar-refractivity contribution in [2.24, 2.45) is 0 Å². The van der Waals surface area contributed by atoms with Crippen molar-refractivity contribution in [2.45, 2.75) is 43.8 Å². The molecular weight excluding hydrogens is 543 g/mol. The number of pyridine rings is 1. The maximum atomic E-state index is 13.8. The number of aromatic nitrogens is 3. The molecule has 2 fully saturated rings. The fraction of sp³-hybridized carbons (Fsp3) is 0.462. The van der Waals surface area contributed by atoms with E-state index in [1.54, 1.807) is 23.1 Å². The molecule has 5 rings (SSSR count). The largest absolute Gasteiger partial charge is 0.451 e. The molecule has 2 aliphatic rings. The van der Waals surface area contributed by atoms with Gasteiger partial charge < -0.3 is 10.2 Å². The summed E-state index contributed by atoms with van der Waals surface area (Å²) in [5.41, 5.74) is 1.08. The lowest BCUT2D eigenvalue weighted by atomic mass is 10.0. The third-order valence-electron chi connectivity index (χ3n) is 7.20. The van der Waals surface area contributed by atoms with E-state index in [0.29, 0.717) is 10.9 Å². The SMILES string of the molecule is O=C(NCC(c1cnc(C(F)(F)F)nc1)N1CCC(F)(F)CC1)c1c(Cl)ccc2nc(N3CCCC3)ccc12. The fourth-order valence-corrected chi connectivity index (χ4v) is 5.33. The van der Waals surface area contributed by atoms with Gasteiger partial charge in [0.25, 0.3) is 11.8 Å². The van der Waals surface area contributed by atoms with Gasteiger partial charge in [0.2, 0.25) is 5.82 Å². The number of nitrogens with one attached hydrogen (secondary N) is 1. The average Bonchev–Trinajstić information content (AvgIpc) is 3.44. The number of alkyl halides is 5. The summed E-state index contributed by atoms with van der Waals surface area (Å²) in [6.07, 6.45) is -1.30. The first-order chi connectivity index (χ1) is 18.5. The quantitative estimate of drug-likeness (QED) is 0.396. The fourth-order valence-electron chi connectivity index (χ4n) is 5.07. The van der Waals surface area contributed by atoms with Crippen LogP contribution in [0.25, 0.3) is 10.9 Å². The molecule has 0 aliphatic carbocycles. The maximum absolute atomic E-state index is 13.8. The van der Waals surface area contributed by atoms with E-state index in [-0.39, 0.29) is 35.8 Å². The molecule has 0 spiro atoms. The highest BCUT2D eigenvalue weighted by atomic mass is 35.5. The molecule has 1 atom stereocenters. The molecule has 2 saturated heterocycles. The van der Waals surface area contributed by atoms with Crippen LogP contribution in [0, 0.1) is 0 Å². The third kappa shape index (κ3) is 6.06. The average molecular weight is 569 g/mol. The van der Waals surface area contributed by atoms with Gasteiger partial charge in [-0.15, -0.1) is 0 Å². The van der Waals surface area contributed by atoms with E-state index in [1.807, 2.05) is 6.07 Å². The normalized spacial score (nSPS) is 18.9. The van der Waals surface area contributed by atoms with Crippen LogP contribution in [0.4, 0.5) is 27.8 Å². The van der Waals surface area contributed by atoms with Crippen LogP contribution in [0.2, 0.25) is 5.02 Å². The second kappa shape index (κ2) is 10.8. The van der Waals surface area contributed by atoms with Gasteiger partial charge in [0, 0.05) is 68.9 Å². The zero-order valence-corrected chi connectivity index (χ0v) is 21.6. The molecule has 1 N–H and O–H groups in total. The minimum atomic E-state index is -4.72. The van der Waals surface area contributed by atoms with Crippen LogP contribution in [-0.2, 0) is 6.18 Å². The summed E-state index contributed by atoms with van der Waals surface area (Å²) >= 11 is 6.42. The summed E-state index contributed by atoms with van der Waals surface area (Å²) in [5.74, 6) is -3.82. The van der Waals surface area contributed by atoms with Crippen molar-refractivity contribution >= 4 is 34.2 Å². The van der Waals surface area contributed by atoms with Gasteiger partial charge in [-0.3, -0.25) is 9.69 Å². The number of benzene rings is 1. The minimum Gasteiger partial charge on any atom is -0.357 e. The zero-order chi connectivity index (χ0) is 27.8. The van der Waals surface area contributed by atoms with Crippen LogP contribution in [0.5, 0.6) is 0 Å². The number of anilines is 1. The van der Waals surface area contributed by atoms with Crippen molar-refractivity contribution in [1.82, 2.24) is 25.2 Å². The molecule has 2 aliphatic heterocycles. The Hall–Kier alpha value is -3.12. The number of hydrogen-bond acceptors (Lipinski definition) is 6. The van der Waals surface area contributed by atoms with Crippen molar-refractivity contribution in [1.29, 1.82) is 0 Å². The maximum Gasteiger partial charge on any atom is 0.451 e. The van der Waals surface area contributed by atoms with Gasteiger partial charge in [0.05, 0.1) is 22.1 Å². The molecule has 0 bridgehead atoms. The summed E-state index contributed by atoms with van der Waals surface area (Å²) in [6, 6.07) is 6.25. The van der Waals surface area contributed by atoms with E-state index >= 15 is 0 Å². The van der Waals surface area contributed by atoms with Crippen molar-refractivity contribution in [3.63, 3.8) is 0 Å². The highest BCUT2D eigenvalue weighted by molar-refractivity contribution is 6.35. The lowest BCUT2D eigenvalue weighted by Crippen LogP contribution is -2.45. The zero-order valence-electron chi connectivity index (χ0n) is 20.8. The number of carbonyl (C=O) groups excluding carboxylic acids is 1. The van der Waals surface area contributed by atoms with Crippen LogP contribution < -0.4 is 10.2 Å². The Labute approximate surface area is 226 Å². The molecule has 3 aromatic rings. The predicted molar refractivity (Wildman–Crippen MR) is 136 cm³/mol. The number of carbonyl (C=O) groups is 1. The van der Waals surface area contributed by atoms with E-state index in [9.17, 15) is 26.7 Å². The first kappa shape index (κ1) is 27.4. The molecule has 1 unspecified atom stereocenters. The summed E-state index contributed by atoms with van der Waals surface area (Å²) in [5, 5.41) is 3.56. The van der Waals surface area contributed by atoms with Crippen LogP contribution >= 0.6 is 11.6 Å². The Kier molecular flexibility index (Phi) is 7.60. The Morgan fingerprint density at radius 3 is 2.33 bits per heavy atom. The molecule has 208 valence electrons. The van der Waals surface area contributed by atoms with Crippen molar-refractivity contribution in [3.8, 4) is 0 Å². The van der Waals surface area contributed by atoms with E-state index in [0.717, 1.165) is 44.1 Å². The molecule has 2 aromatic heterocycles. The molecule has 1 aromatic carbocycles. The van der Waals surface area contributed by atoms with E-state index < -0.39 is 42.7 Å². The monoisotopic (exact) mass is 568 g/mol. The second-order valence-electron chi connectivity index (χ2n) is 9.81. The molecule has 7 nitrogen and oxygen atoms in total. The van der Waals surface area contributed by atoms with E-state index in [1.165, 1.54) is 0 Å². The third-order valence-corrected chi connectivity index (χ3v) is 7.51. The van der Waals surface area contributed by atoms with Gasteiger partial charge in [0.1, 0.15) is 5.82 Å². The first-order valence-electron chi connectivity index (χ1n) is 12.7. The molecule has 4 heterocycles. The Morgan fingerprint density at radius 1 is 1.03 bits per heavy atom. The van der Waals surface area contributed by atoms with E-state index in [4.69, 9.17) is 16.6 Å². The van der Waals surface area contributed by atoms with Crippen molar-refractivity contribution in [2.75, 3.05) is 37.6 Å². The standard InChI is InChI=1S/C26H26ClF5N6O/c27-18-4-5-19-17(3-6-21(36-19)38-9-1-2-10-38)22(18)23(39)33-15-20(37-11-7-25(28,29)8-12-37)16-13-34-24(35-14-16)26(30,31)32/h3-6,13-14,20H,1-2,7-12,15H2,(H,33,39). The Balaban J connectivity index is 1.39. The van der Waals surface area contributed by atoms with Crippen LogP contribution in [0.15, 0.2) is 36.7 Å². The minimum absolute atomic E-state index is 0.00716. The summed E-state index contributed by atoms with van der Waals surface area (Å²) in [6.45, 7) is 1.73. The Bertz CT molecular complexity index is 1340. The highest BCUT2D eigenvalue weighted by Crippen LogP contribution is 2.33. The summed E-state index contributed by atoms with van der Waals surface area (Å²) < 4.78 is 66.6. The van der Waals surface area contributed by atoms with Crippen molar-refractivity contribution in [3.05, 3.63) is 58.6 Å². The van der Waals surface area contributed by atoms with Gasteiger partial charge in [0.15, 0.2) is 0 Å². The molecule has 0 saturated carbocycles. The van der Waals surface area contributed by atoms with Crippen molar-refractivity contribution < 1.29 is 26.7 Å². The summed E-state index contributed by atoms with van der Waals surface area (Å²) in [7, 11) is 0. The number of piperidine rings is 1. The van der Waals surface area contributed by atoms with Gasteiger partial charge >= 0.3 is 6.18 Å². The van der Waals surface area contributed by atoms with Gasteiger partial charge in [-0.2, -0.15) is 13.2 Å². The number of amides is 1. The highest BCUT2D eigenvalue weighted by Gasteiger charge is 2.38. The summed E-state index contributed by atoms with van der Waals surface area (Å²) in [4.78, 5) is 28.8. The number of fused-ring (bicyclic) bond motifs is 1. The first-order valence-corrected chi connectivity index (χ1v) is 13.0. The predicted octanol–water partition coefficient (Wildman–Crippen LogP) is 5.50. The molecule has 0 radical (unpaired) electrons. The second-order valence-corrected chi connectivity index (χ2v) is 10.2. The Morgan fingerprint density at radius 2 is 1.69 bits per heavy atom. The molecule has 39 heavy (non-hydrogen) atoms. The smallest absolute Gasteiger partial charge is 0.357 e. The number of rotatable bonds is 6. The van der Waals surface area contributed by atoms with Crippen LogP contribution in [-0.4, -0.2) is 64.4 Å². The molecule has 1 amide bonds. The lowest BCUT2D eigenvalue weighted by Gasteiger charge is -2.37. The molecular formula is C26H26ClF5N6O. The van der Waals surface area contributed by atoms with E-state index in [2.05, 4.69) is 20.2 Å². The number of nitrogens with zero attached hydrogens (tertiary/aromatic N) is 5. The van der Waals surface area contributed by atoms with Crippen LogP contribution in [0.1, 0.15) is 53.5 Å². The number of likely N-dealkylation sites (tertiary alicyclic amines) is 1. The number of halogens is 6. The number of hydrogen-bond donors (Lipinski definition) is 1.